The van der Waals surface area contributed by atoms with E-state index in [0.717, 1.165) is 12.0 Å². The lowest BCUT2D eigenvalue weighted by atomic mass is 10.00. The lowest BCUT2D eigenvalue weighted by molar-refractivity contribution is -0.140. The Balaban J connectivity index is 1.65. The van der Waals surface area contributed by atoms with E-state index in [4.69, 9.17) is 0 Å². The van der Waals surface area contributed by atoms with Crippen LogP contribution in [0.5, 0.6) is 0 Å². The van der Waals surface area contributed by atoms with Crippen molar-refractivity contribution in [3.63, 3.8) is 0 Å². The first kappa shape index (κ1) is 26.4. The number of nitrogens with one attached hydrogen (secondary N) is 1. The van der Waals surface area contributed by atoms with Crippen molar-refractivity contribution in [2.24, 2.45) is 5.92 Å². The molecule has 0 bridgehead atoms. The third-order valence-corrected chi connectivity index (χ3v) is 6.48. The lowest BCUT2D eigenvalue weighted by Crippen LogP contribution is -2.51. The number of hydrogen-bond acceptors (Lipinski definition) is 4. The normalized spacial score (nSPS) is 16.9. The van der Waals surface area contributed by atoms with Crippen molar-refractivity contribution in [1.29, 1.82) is 0 Å². The van der Waals surface area contributed by atoms with E-state index in [-0.39, 0.29) is 23.9 Å². The Morgan fingerprint density at radius 1 is 1.14 bits per heavy atom. The number of fused-ring (bicyclic) bond motifs is 1. The summed E-state index contributed by atoms with van der Waals surface area (Å²) < 4.78 is 73.3. The van der Waals surface area contributed by atoms with Crippen LogP contribution in [-0.4, -0.2) is 46.1 Å². The van der Waals surface area contributed by atoms with E-state index in [1.165, 1.54) is 18.0 Å². The maximum atomic E-state index is 14.6. The number of carbonyl (C=O) groups excluding carboxylic acids is 2. The van der Waals surface area contributed by atoms with Crippen LogP contribution in [0.4, 0.5) is 26.7 Å². The van der Waals surface area contributed by atoms with E-state index in [9.17, 15) is 31.5 Å². The molecule has 1 fully saturated rings. The van der Waals surface area contributed by atoms with Crippen LogP contribution in [0.15, 0.2) is 36.7 Å². The molecular formula is C25H25F5N4O3. The molecule has 7 nitrogen and oxygen atoms in total. The number of ether oxygens (including phenoxy) is 1. The lowest BCUT2D eigenvalue weighted by Gasteiger charge is -2.31. The molecule has 1 aromatic heterocycles. The van der Waals surface area contributed by atoms with Gasteiger partial charge in [-0.05, 0) is 42.5 Å². The largest absolute Gasteiger partial charge is 0.453 e. The van der Waals surface area contributed by atoms with Crippen LogP contribution in [0.2, 0.25) is 0 Å². The van der Waals surface area contributed by atoms with E-state index in [1.807, 2.05) is 13.8 Å². The Labute approximate surface area is 209 Å². The second kappa shape index (κ2) is 9.98. The Bertz CT molecular complexity index is 1340. The molecule has 3 aromatic rings. The van der Waals surface area contributed by atoms with Crippen LogP contribution in [0.25, 0.3) is 16.7 Å². The summed E-state index contributed by atoms with van der Waals surface area (Å²) >= 11 is 0. The van der Waals surface area contributed by atoms with Crippen molar-refractivity contribution >= 4 is 23.0 Å². The van der Waals surface area contributed by atoms with E-state index in [2.05, 4.69) is 15.0 Å². The Morgan fingerprint density at radius 2 is 1.86 bits per heavy atom. The average Bonchev–Trinajstić information content (AvgIpc) is 3.49. The number of alkyl halides is 3. The Morgan fingerprint density at radius 3 is 2.51 bits per heavy atom. The molecule has 4 rings (SSSR count). The summed E-state index contributed by atoms with van der Waals surface area (Å²) in [5.41, 5.74) is -0.599. The zero-order valence-electron chi connectivity index (χ0n) is 20.3. The minimum atomic E-state index is -5.03. The van der Waals surface area contributed by atoms with E-state index in [0.29, 0.717) is 30.1 Å². The number of nitrogens with zero attached hydrogens (tertiary/aromatic N) is 3. The fraction of sp³-hybridized carbons (Fsp3) is 0.400. The third-order valence-electron chi connectivity index (χ3n) is 6.48. The van der Waals surface area contributed by atoms with Gasteiger partial charge in [-0.25, -0.2) is 18.6 Å². The number of imidazole rings is 1. The molecule has 2 amide bonds. The molecule has 198 valence electrons. The molecule has 0 saturated carbocycles. The summed E-state index contributed by atoms with van der Waals surface area (Å²) in [4.78, 5) is 31.0. The van der Waals surface area contributed by atoms with Crippen LogP contribution < -0.4 is 5.32 Å². The van der Waals surface area contributed by atoms with Crippen molar-refractivity contribution in [3.8, 4) is 5.69 Å². The van der Waals surface area contributed by atoms with Gasteiger partial charge in [0.15, 0.2) is 0 Å². The van der Waals surface area contributed by atoms with Gasteiger partial charge in [0.1, 0.15) is 24.0 Å². The van der Waals surface area contributed by atoms with Crippen molar-refractivity contribution in [2.75, 3.05) is 13.7 Å². The van der Waals surface area contributed by atoms with Gasteiger partial charge in [0.05, 0.1) is 35.4 Å². The molecule has 2 aromatic carbocycles. The van der Waals surface area contributed by atoms with Crippen molar-refractivity contribution in [2.45, 2.75) is 44.9 Å². The topological polar surface area (TPSA) is 76.5 Å². The van der Waals surface area contributed by atoms with Crippen LogP contribution in [0.3, 0.4) is 0 Å². The molecule has 1 N–H and O–H groups in total. The summed E-state index contributed by atoms with van der Waals surface area (Å²) in [7, 11) is 1.22. The van der Waals surface area contributed by atoms with Gasteiger partial charge in [-0.3, -0.25) is 9.36 Å². The van der Waals surface area contributed by atoms with Gasteiger partial charge >= 0.3 is 12.3 Å². The number of methoxy groups -OCH3 is 1. The van der Waals surface area contributed by atoms with Crippen LogP contribution >= 0.6 is 0 Å². The Hall–Kier alpha value is -3.70. The van der Waals surface area contributed by atoms with Gasteiger partial charge in [-0.2, -0.15) is 13.2 Å². The predicted octanol–water partition coefficient (Wildman–Crippen LogP) is 5.37. The Kier molecular flexibility index (Phi) is 7.11. The summed E-state index contributed by atoms with van der Waals surface area (Å²) in [5.74, 6) is -3.29. The van der Waals surface area contributed by atoms with Gasteiger partial charge in [0.2, 0.25) is 5.91 Å². The van der Waals surface area contributed by atoms with Crippen molar-refractivity contribution in [1.82, 2.24) is 19.8 Å². The molecule has 0 radical (unpaired) electrons. The van der Waals surface area contributed by atoms with Crippen LogP contribution in [-0.2, 0) is 15.7 Å². The fourth-order valence-electron chi connectivity index (χ4n) is 4.62. The standard InChI is InChI=1S/C25H25F5N4O3/c1-13(2)22(32-24(36)37-3)23(35)33-8-4-5-19(33)14-6-7-20-18(9-14)31-12-34(20)21-11-16(26)15(10-17(21)27)25(28,29)30/h6-7,9-13,19,22H,4-5,8H2,1-3H3,(H,32,36)/t19-,22-/m0/s1. The molecule has 2 atom stereocenters. The summed E-state index contributed by atoms with van der Waals surface area (Å²) in [6.45, 7) is 4.11. The van der Waals surface area contributed by atoms with Gasteiger partial charge in [0, 0.05) is 12.6 Å². The molecule has 12 heteroatoms. The summed E-state index contributed by atoms with van der Waals surface area (Å²) in [5, 5.41) is 2.58. The van der Waals surface area contributed by atoms with Gasteiger partial charge in [-0.15, -0.1) is 0 Å². The third kappa shape index (κ3) is 5.09. The highest BCUT2D eigenvalue weighted by molar-refractivity contribution is 5.87. The monoisotopic (exact) mass is 524 g/mol. The second-order valence-corrected chi connectivity index (χ2v) is 9.19. The number of likely N-dealkylation sites (tertiary alicyclic amines) is 1. The molecule has 1 aliphatic heterocycles. The number of hydrogen-bond donors (Lipinski definition) is 1. The number of amides is 2. The SMILES string of the molecule is COC(=O)N[C@H](C(=O)N1CCC[C@H]1c1ccc2c(c1)ncn2-c1cc(F)c(C(F)(F)F)cc1F)C(C)C. The molecule has 0 spiro atoms. The van der Waals surface area contributed by atoms with E-state index >= 15 is 0 Å². The maximum Gasteiger partial charge on any atom is 0.419 e. The van der Waals surface area contributed by atoms with Gasteiger partial charge < -0.3 is 15.0 Å². The quantitative estimate of drug-likeness (QED) is 0.456. The van der Waals surface area contributed by atoms with E-state index < -0.39 is 41.2 Å². The first-order valence-electron chi connectivity index (χ1n) is 11.6. The number of halogens is 5. The molecule has 1 saturated heterocycles. The predicted molar refractivity (Wildman–Crippen MR) is 124 cm³/mol. The molecular weight excluding hydrogens is 499 g/mol. The molecule has 1 aliphatic rings. The molecule has 0 aliphatic carbocycles. The van der Waals surface area contributed by atoms with Crippen LogP contribution in [0, 0.1) is 17.6 Å². The highest BCUT2D eigenvalue weighted by Crippen LogP contribution is 2.36. The molecule has 37 heavy (non-hydrogen) atoms. The van der Waals surface area contributed by atoms with Crippen molar-refractivity contribution in [3.05, 3.63) is 59.4 Å². The summed E-state index contributed by atoms with van der Waals surface area (Å²) in [6.07, 6.45) is -3.13. The minimum absolute atomic E-state index is 0.125. The first-order chi connectivity index (χ1) is 17.4. The first-order valence-corrected chi connectivity index (χ1v) is 11.6. The number of aromatic nitrogens is 2. The van der Waals surface area contributed by atoms with Crippen LogP contribution in [0.1, 0.15) is 43.9 Å². The molecule has 0 unspecified atom stereocenters. The zero-order valence-corrected chi connectivity index (χ0v) is 20.3. The number of carbonyl (C=O) groups is 2. The average molecular weight is 524 g/mol. The van der Waals surface area contributed by atoms with E-state index in [1.54, 1.807) is 23.1 Å². The van der Waals surface area contributed by atoms with Gasteiger partial charge in [-0.1, -0.05) is 19.9 Å². The minimum Gasteiger partial charge on any atom is -0.453 e. The summed E-state index contributed by atoms with van der Waals surface area (Å²) in [6, 6.07) is 4.55. The van der Waals surface area contributed by atoms with Gasteiger partial charge in [0.25, 0.3) is 0 Å². The maximum absolute atomic E-state index is 14.6. The highest BCUT2D eigenvalue weighted by Gasteiger charge is 2.37. The van der Waals surface area contributed by atoms with Crippen molar-refractivity contribution < 1.29 is 36.3 Å². The second-order valence-electron chi connectivity index (χ2n) is 9.19. The highest BCUT2D eigenvalue weighted by atomic mass is 19.4. The number of benzene rings is 2. The smallest absolute Gasteiger partial charge is 0.419 e. The molecule has 2 heterocycles. The fourth-order valence-corrected chi connectivity index (χ4v) is 4.62. The number of rotatable bonds is 5. The zero-order chi connectivity index (χ0) is 27.1. The number of alkyl carbamates (subject to hydrolysis) is 1.